The molecule has 2 rings (SSSR count). The summed E-state index contributed by atoms with van der Waals surface area (Å²) in [6.45, 7) is 0. The van der Waals surface area contributed by atoms with Crippen molar-refractivity contribution in [3.05, 3.63) is 11.4 Å². The third-order valence-corrected chi connectivity index (χ3v) is 3.20. The second-order valence-corrected chi connectivity index (χ2v) is 4.24. The molecular weight excluding hydrogens is 206 g/mol. The van der Waals surface area contributed by atoms with Crippen LogP contribution in [0.15, 0.2) is 0 Å². The summed E-state index contributed by atoms with van der Waals surface area (Å²) in [6, 6.07) is 0. The minimum Gasteiger partial charge on any atom is -0.464 e. The van der Waals surface area contributed by atoms with Gasteiger partial charge in [-0.25, -0.2) is 4.79 Å². The third-order valence-electron chi connectivity index (χ3n) is 3.20. The van der Waals surface area contributed by atoms with E-state index in [-0.39, 0.29) is 0 Å². The van der Waals surface area contributed by atoms with Crippen molar-refractivity contribution in [2.75, 3.05) is 7.11 Å². The molecule has 0 amide bonds. The first kappa shape index (κ1) is 11.1. The highest BCUT2D eigenvalue weighted by atomic mass is 16.5. The van der Waals surface area contributed by atoms with Crippen LogP contribution in [0.5, 0.6) is 0 Å². The van der Waals surface area contributed by atoms with Crippen molar-refractivity contribution in [2.24, 2.45) is 0 Å². The van der Waals surface area contributed by atoms with Crippen LogP contribution >= 0.6 is 0 Å². The Morgan fingerprint density at radius 1 is 1.25 bits per heavy atom. The van der Waals surface area contributed by atoms with E-state index in [0.717, 1.165) is 18.5 Å². The standard InChI is InChI=1S/C11H17N3O2/c1-16-11(15)10-9(12-14-13-10)8-6-4-2-3-5-7-8/h8H,2-7H2,1H3,(H,12,13,14). The van der Waals surface area contributed by atoms with E-state index in [9.17, 15) is 4.79 Å². The number of aromatic amines is 1. The largest absolute Gasteiger partial charge is 0.464 e. The van der Waals surface area contributed by atoms with Gasteiger partial charge in [0.25, 0.3) is 0 Å². The van der Waals surface area contributed by atoms with Gasteiger partial charge >= 0.3 is 5.97 Å². The molecule has 16 heavy (non-hydrogen) atoms. The zero-order valence-electron chi connectivity index (χ0n) is 9.53. The number of hydrogen-bond acceptors (Lipinski definition) is 4. The van der Waals surface area contributed by atoms with Crippen molar-refractivity contribution in [3.63, 3.8) is 0 Å². The smallest absolute Gasteiger partial charge is 0.360 e. The van der Waals surface area contributed by atoms with E-state index in [2.05, 4.69) is 15.4 Å². The highest BCUT2D eigenvalue weighted by molar-refractivity contribution is 5.88. The number of aromatic nitrogens is 3. The second kappa shape index (κ2) is 5.09. The van der Waals surface area contributed by atoms with Crippen LogP contribution in [0.2, 0.25) is 0 Å². The van der Waals surface area contributed by atoms with Crippen LogP contribution in [0.1, 0.15) is 60.6 Å². The fourth-order valence-corrected chi connectivity index (χ4v) is 2.32. The van der Waals surface area contributed by atoms with Gasteiger partial charge in [-0.1, -0.05) is 25.7 Å². The molecule has 1 aliphatic rings. The van der Waals surface area contributed by atoms with Crippen LogP contribution < -0.4 is 0 Å². The maximum absolute atomic E-state index is 11.5. The lowest BCUT2D eigenvalue weighted by Crippen LogP contribution is -2.09. The first-order chi connectivity index (χ1) is 7.83. The van der Waals surface area contributed by atoms with Crippen molar-refractivity contribution < 1.29 is 9.53 Å². The predicted octanol–water partition coefficient (Wildman–Crippen LogP) is 2.03. The zero-order valence-corrected chi connectivity index (χ0v) is 9.53. The number of methoxy groups -OCH3 is 1. The number of ether oxygens (including phenoxy) is 1. The molecule has 1 aromatic rings. The van der Waals surface area contributed by atoms with Gasteiger partial charge in [0.2, 0.25) is 0 Å². The van der Waals surface area contributed by atoms with E-state index >= 15 is 0 Å². The van der Waals surface area contributed by atoms with Crippen molar-refractivity contribution in [1.29, 1.82) is 0 Å². The second-order valence-electron chi connectivity index (χ2n) is 4.24. The number of rotatable bonds is 2. The minimum absolute atomic E-state index is 0.356. The number of nitrogens with one attached hydrogen (secondary N) is 1. The van der Waals surface area contributed by atoms with Gasteiger partial charge in [0.15, 0.2) is 5.69 Å². The molecule has 5 nitrogen and oxygen atoms in total. The molecule has 1 aliphatic carbocycles. The molecule has 0 saturated heterocycles. The summed E-state index contributed by atoms with van der Waals surface area (Å²) < 4.78 is 4.70. The topological polar surface area (TPSA) is 67.9 Å². The number of carbonyl (C=O) groups is 1. The van der Waals surface area contributed by atoms with Gasteiger partial charge < -0.3 is 4.74 Å². The Balaban J connectivity index is 2.18. The highest BCUT2D eigenvalue weighted by Gasteiger charge is 2.25. The molecule has 5 heteroatoms. The summed E-state index contributed by atoms with van der Waals surface area (Å²) in [6.07, 6.45) is 7.16. The molecule has 1 N–H and O–H groups in total. The molecule has 1 fully saturated rings. The van der Waals surface area contributed by atoms with E-state index in [1.807, 2.05) is 0 Å². The van der Waals surface area contributed by atoms with Gasteiger partial charge in [-0.05, 0) is 12.8 Å². The molecular formula is C11H17N3O2. The Morgan fingerprint density at radius 2 is 1.94 bits per heavy atom. The molecule has 0 spiro atoms. The molecule has 88 valence electrons. The van der Waals surface area contributed by atoms with Gasteiger partial charge in [-0.2, -0.15) is 10.3 Å². The maximum atomic E-state index is 11.5. The quantitative estimate of drug-likeness (QED) is 0.615. The first-order valence-electron chi connectivity index (χ1n) is 5.82. The number of esters is 1. The summed E-state index contributed by atoms with van der Waals surface area (Å²) in [5.74, 6) is -0.0386. The average molecular weight is 223 g/mol. The molecule has 0 radical (unpaired) electrons. The summed E-state index contributed by atoms with van der Waals surface area (Å²) in [7, 11) is 1.37. The lowest BCUT2D eigenvalue weighted by Gasteiger charge is -2.11. The van der Waals surface area contributed by atoms with Crippen molar-refractivity contribution in [1.82, 2.24) is 15.4 Å². The van der Waals surface area contributed by atoms with Gasteiger partial charge in [0.1, 0.15) is 5.69 Å². The molecule has 0 unspecified atom stereocenters. The number of nitrogens with zero attached hydrogens (tertiary/aromatic N) is 2. The normalized spacial score (nSPS) is 18.1. The summed E-state index contributed by atoms with van der Waals surface area (Å²) in [4.78, 5) is 11.5. The van der Waals surface area contributed by atoms with Crippen LogP contribution in [-0.4, -0.2) is 28.5 Å². The Kier molecular flexibility index (Phi) is 3.54. The molecule has 0 bridgehead atoms. The van der Waals surface area contributed by atoms with Crippen LogP contribution in [0.3, 0.4) is 0 Å². The highest BCUT2D eigenvalue weighted by Crippen LogP contribution is 2.31. The van der Waals surface area contributed by atoms with E-state index in [1.165, 1.54) is 32.8 Å². The lowest BCUT2D eigenvalue weighted by atomic mass is 9.95. The Morgan fingerprint density at radius 3 is 2.56 bits per heavy atom. The Hall–Kier alpha value is -1.39. The minimum atomic E-state index is -0.395. The fourth-order valence-electron chi connectivity index (χ4n) is 2.32. The fraction of sp³-hybridized carbons (Fsp3) is 0.727. The maximum Gasteiger partial charge on any atom is 0.360 e. The van der Waals surface area contributed by atoms with Crippen LogP contribution in [0.25, 0.3) is 0 Å². The average Bonchev–Trinajstić information content (AvgIpc) is 2.64. The van der Waals surface area contributed by atoms with Crippen LogP contribution in [0, 0.1) is 0 Å². The van der Waals surface area contributed by atoms with Crippen LogP contribution in [-0.2, 0) is 4.74 Å². The molecule has 0 atom stereocenters. The van der Waals surface area contributed by atoms with E-state index in [1.54, 1.807) is 0 Å². The number of carbonyl (C=O) groups excluding carboxylic acids is 1. The molecule has 0 aromatic carbocycles. The molecule has 0 aliphatic heterocycles. The van der Waals surface area contributed by atoms with Gasteiger partial charge in [0, 0.05) is 5.92 Å². The monoisotopic (exact) mass is 223 g/mol. The Labute approximate surface area is 94.6 Å². The molecule has 1 saturated carbocycles. The summed E-state index contributed by atoms with van der Waals surface area (Å²) >= 11 is 0. The van der Waals surface area contributed by atoms with Crippen molar-refractivity contribution in [3.8, 4) is 0 Å². The molecule has 1 aromatic heterocycles. The first-order valence-corrected chi connectivity index (χ1v) is 5.82. The predicted molar refractivity (Wildman–Crippen MR) is 58.2 cm³/mol. The zero-order chi connectivity index (χ0) is 11.4. The van der Waals surface area contributed by atoms with Crippen LogP contribution in [0.4, 0.5) is 0 Å². The summed E-state index contributed by atoms with van der Waals surface area (Å²) in [5.41, 5.74) is 1.14. The third kappa shape index (κ3) is 2.23. The molecule has 1 heterocycles. The van der Waals surface area contributed by atoms with Crippen molar-refractivity contribution in [2.45, 2.75) is 44.4 Å². The summed E-state index contributed by atoms with van der Waals surface area (Å²) in [5, 5.41) is 10.5. The number of H-pyrrole nitrogens is 1. The lowest BCUT2D eigenvalue weighted by molar-refractivity contribution is 0.0592. The van der Waals surface area contributed by atoms with Gasteiger partial charge in [-0.3, -0.25) is 0 Å². The van der Waals surface area contributed by atoms with Gasteiger partial charge in [0.05, 0.1) is 7.11 Å². The van der Waals surface area contributed by atoms with Gasteiger partial charge in [-0.15, -0.1) is 5.10 Å². The van der Waals surface area contributed by atoms with E-state index in [4.69, 9.17) is 4.74 Å². The van der Waals surface area contributed by atoms with E-state index in [0.29, 0.717) is 11.6 Å². The van der Waals surface area contributed by atoms with Crippen molar-refractivity contribution >= 4 is 5.97 Å². The SMILES string of the molecule is COC(=O)c1n[nH]nc1C1CCCCCC1. The Bertz CT molecular complexity index is 354. The number of hydrogen-bond donors (Lipinski definition) is 1. The van der Waals surface area contributed by atoms with E-state index < -0.39 is 5.97 Å².